The lowest BCUT2D eigenvalue weighted by Crippen LogP contribution is -2.00. The van der Waals surface area contributed by atoms with Crippen LogP contribution in [0.2, 0.25) is 5.02 Å². The first-order chi connectivity index (χ1) is 13.1. The van der Waals surface area contributed by atoms with E-state index in [-0.39, 0.29) is 0 Å². The number of anilines is 1. The summed E-state index contributed by atoms with van der Waals surface area (Å²) in [6.45, 7) is 3.99. The van der Waals surface area contributed by atoms with E-state index in [1.165, 1.54) is 6.33 Å². The van der Waals surface area contributed by atoms with Crippen LogP contribution in [0.5, 0.6) is 0 Å². The molecule has 3 heterocycles. The van der Waals surface area contributed by atoms with E-state index in [1.54, 1.807) is 30.9 Å². The first-order valence-electron chi connectivity index (χ1n) is 8.28. The summed E-state index contributed by atoms with van der Waals surface area (Å²) in [7, 11) is 0. The number of imidazole rings is 1. The largest absolute Gasteiger partial charge is 0.287 e. The minimum absolute atomic E-state index is 0.613. The van der Waals surface area contributed by atoms with E-state index in [0.717, 1.165) is 33.7 Å². The SMILES string of the molecule is Cc1ncn(-c2ccc(/C=N/Nc3ncnc4cc(Cl)ccc34)cn2)c1C. The summed E-state index contributed by atoms with van der Waals surface area (Å²) in [4.78, 5) is 17.2. The van der Waals surface area contributed by atoms with Gasteiger partial charge in [-0.15, -0.1) is 0 Å². The number of hydrazone groups is 1. The molecule has 0 aliphatic rings. The molecule has 134 valence electrons. The van der Waals surface area contributed by atoms with Gasteiger partial charge in [-0.05, 0) is 44.2 Å². The number of halogens is 1. The molecule has 0 atom stereocenters. The van der Waals surface area contributed by atoms with Gasteiger partial charge in [0.2, 0.25) is 0 Å². The fraction of sp³-hybridized carbons (Fsp3) is 0.105. The van der Waals surface area contributed by atoms with Crippen LogP contribution in [0.4, 0.5) is 5.82 Å². The Kier molecular flexibility index (Phi) is 4.52. The van der Waals surface area contributed by atoms with Crippen LogP contribution in [0.15, 0.2) is 54.3 Å². The van der Waals surface area contributed by atoms with Crippen LogP contribution >= 0.6 is 11.6 Å². The van der Waals surface area contributed by atoms with Gasteiger partial charge >= 0.3 is 0 Å². The number of aryl methyl sites for hydroxylation is 1. The summed E-state index contributed by atoms with van der Waals surface area (Å²) in [5, 5.41) is 5.73. The molecule has 0 saturated heterocycles. The molecular weight excluding hydrogens is 362 g/mol. The van der Waals surface area contributed by atoms with Gasteiger partial charge in [0, 0.05) is 27.9 Å². The average Bonchev–Trinajstić information content (AvgIpc) is 3.01. The maximum atomic E-state index is 6.00. The minimum atomic E-state index is 0.613. The van der Waals surface area contributed by atoms with Crippen molar-refractivity contribution in [1.29, 1.82) is 0 Å². The number of nitrogens with one attached hydrogen (secondary N) is 1. The molecule has 4 aromatic rings. The number of nitrogens with zero attached hydrogens (tertiary/aromatic N) is 6. The summed E-state index contributed by atoms with van der Waals surface area (Å²) in [5.74, 6) is 1.43. The third-order valence-corrected chi connectivity index (χ3v) is 4.49. The number of hydrogen-bond donors (Lipinski definition) is 1. The Bertz CT molecular complexity index is 1130. The van der Waals surface area contributed by atoms with Gasteiger partial charge < -0.3 is 0 Å². The zero-order valence-electron chi connectivity index (χ0n) is 14.8. The fourth-order valence-corrected chi connectivity index (χ4v) is 2.80. The lowest BCUT2D eigenvalue weighted by atomic mass is 10.2. The van der Waals surface area contributed by atoms with Crippen LogP contribution in [-0.2, 0) is 0 Å². The summed E-state index contributed by atoms with van der Waals surface area (Å²) >= 11 is 6.00. The molecule has 1 aromatic carbocycles. The van der Waals surface area contributed by atoms with Crippen LogP contribution < -0.4 is 5.43 Å². The molecule has 0 fully saturated rings. The van der Waals surface area contributed by atoms with Crippen molar-refractivity contribution in [2.75, 3.05) is 5.43 Å². The minimum Gasteiger partial charge on any atom is -0.287 e. The van der Waals surface area contributed by atoms with E-state index < -0.39 is 0 Å². The van der Waals surface area contributed by atoms with Gasteiger partial charge in [-0.25, -0.2) is 19.9 Å². The van der Waals surface area contributed by atoms with E-state index in [4.69, 9.17) is 11.6 Å². The Hall–Kier alpha value is -3.32. The molecule has 7 nitrogen and oxygen atoms in total. The molecule has 0 aliphatic heterocycles. The Morgan fingerprint density at radius 2 is 1.96 bits per heavy atom. The van der Waals surface area contributed by atoms with Crippen LogP contribution in [0.3, 0.4) is 0 Å². The number of aromatic nitrogens is 5. The second kappa shape index (κ2) is 7.13. The standard InChI is InChI=1S/C19H16ClN7/c1-12-13(2)27(11-24-12)18-6-3-14(8-21-18)9-25-26-19-16-5-4-15(20)7-17(16)22-10-23-19/h3-11H,1-2H3,(H,22,23,26)/b25-9+. The quantitative estimate of drug-likeness (QED) is 0.430. The number of rotatable bonds is 4. The van der Waals surface area contributed by atoms with E-state index >= 15 is 0 Å². The Morgan fingerprint density at radius 1 is 1.07 bits per heavy atom. The van der Waals surface area contributed by atoms with E-state index in [0.29, 0.717) is 10.8 Å². The van der Waals surface area contributed by atoms with Crippen LogP contribution in [-0.4, -0.2) is 30.7 Å². The highest BCUT2D eigenvalue weighted by Gasteiger charge is 2.05. The van der Waals surface area contributed by atoms with Crippen molar-refractivity contribution < 1.29 is 0 Å². The van der Waals surface area contributed by atoms with Crippen LogP contribution in [0.25, 0.3) is 16.7 Å². The van der Waals surface area contributed by atoms with E-state index in [9.17, 15) is 0 Å². The molecule has 4 rings (SSSR count). The van der Waals surface area contributed by atoms with Gasteiger partial charge in [-0.3, -0.25) is 9.99 Å². The number of benzene rings is 1. The fourth-order valence-electron chi connectivity index (χ4n) is 2.63. The summed E-state index contributed by atoms with van der Waals surface area (Å²) < 4.78 is 1.95. The first kappa shape index (κ1) is 17.1. The number of fused-ring (bicyclic) bond motifs is 1. The lowest BCUT2D eigenvalue weighted by molar-refractivity contribution is 0.950. The molecule has 0 amide bonds. The van der Waals surface area contributed by atoms with Gasteiger partial charge in [0.1, 0.15) is 18.5 Å². The highest BCUT2D eigenvalue weighted by Crippen LogP contribution is 2.22. The summed E-state index contributed by atoms with van der Waals surface area (Å²) in [6, 6.07) is 9.32. The monoisotopic (exact) mass is 377 g/mol. The van der Waals surface area contributed by atoms with Gasteiger partial charge in [0.25, 0.3) is 0 Å². The molecule has 27 heavy (non-hydrogen) atoms. The van der Waals surface area contributed by atoms with E-state index in [2.05, 4.69) is 30.5 Å². The topological polar surface area (TPSA) is 80.9 Å². The molecule has 0 unspecified atom stereocenters. The molecular formula is C19H16ClN7. The Labute approximate surface area is 160 Å². The average molecular weight is 378 g/mol. The normalized spacial score (nSPS) is 11.4. The van der Waals surface area contributed by atoms with Crippen molar-refractivity contribution in [2.45, 2.75) is 13.8 Å². The third-order valence-electron chi connectivity index (χ3n) is 4.25. The molecule has 0 radical (unpaired) electrons. The molecule has 8 heteroatoms. The maximum Gasteiger partial charge on any atom is 0.157 e. The van der Waals surface area contributed by atoms with E-state index in [1.807, 2.05) is 36.6 Å². The van der Waals surface area contributed by atoms with Gasteiger partial charge in [-0.2, -0.15) is 5.10 Å². The molecule has 0 spiro atoms. The van der Waals surface area contributed by atoms with Gasteiger partial charge in [0.15, 0.2) is 5.82 Å². The number of hydrogen-bond acceptors (Lipinski definition) is 6. The third kappa shape index (κ3) is 3.50. The predicted octanol–water partition coefficient (Wildman–Crippen LogP) is 3.93. The van der Waals surface area contributed by atoms with Crippen molar-refractivity contribution in [1.82, 2.24) is 24.5 Å². The molecule has 1 N–H and O–H groups in total. The highest BCUT2D eigenvalue weighted by atomic mass is 35.5. The second-order valence-corrected chi connectivity index (χ2v) is 6.43. The number of pyridine rings is 1. The summed E-state index contributed by atoms with van der Waals surface area (Å²) in [6.07, 6.45) is 6.69. The Morgan fingerprint density at radius 3 is 2.70 bits per heavy atom. The van der Waals surface area contributed by atoms with Gasteiger partial charge in [-0.1, -0.05) is 11.6 Å². The van der Waals surface area contributed by atoms with Crippen LogP contribution in [0, 0.1) is 13.8 Å². The van der Waals surface area contributed by atoms with Crippen molar-refractivity contribution >= 4 is 34.5 Å². The van der Waals surface area contributed by atoms with Gasteiger partial charge in [0.05, 0.1) is 17.4 Å². The molecule has 3 aromatic heterocycles. The summed E-state index contributed by atoms with van der Waals surface area (Å²) in [5.41, 5.74) is 6.63. The molecule has 0 saturated carbocycles. The maximum absolute atomic E-state index is 6.00. The lowest BCUT2D eigenvalue weighted by Gasteiger charge is -2.05. The van der Waals surface area contributed by atoms with Crippen LogP contribution in [0.1, 0.15) is 17.0 Å². The first-order valence-corrected chi connectivity index (χ1v) is 8.66. The van der Waals surface area contributed by atoms with Crippen molar-refractivity contribution in [3.05, 3.63) is 71.2 Å². The van der Waals surface area contributed by atoms with Crippen molar-refractivity contribution in [3.8, 4) is 5.82 Å². The predicted molar refractivity (Wildman–Crippen MR) is 107 cm³/mol. The van der Waals surface area contributed by atoms with Crippen molar-refractivity contribution in [3.63, 3.8) is 0 Å². The second-order valence-electron chi connectivity index (χ2n) is 5.99. The zero-order valence-corrected chi connectivity index (χ0v) is 15.5. The molecule has 0 aliphatic carbocycles. The Balaban J connectivity index is 1.51. The highest BCUT2D eigenvalue weighted by molar-refractivity contribution is 6.31. The van der Waals surface area contributed by atoms with Crippen molar-refractivity contribution in [2.24, 2.45) is 5.10 Å². The molecule has 0 bridgehead atoms. The smallest absolute Gasteiger partial charge is 0.157 e. The zero-order chi connectivity index (χ0) is 18.8.